The minimum Gasteiger partial charge on any atom is -0.467 e. The molecule has 0 bridgehead atoms. The average molecular weight is 504 g/mol. The Morgan fingerprint density at radius 3 is 2.47 bits per heavy atom. The molecular weight excluding hydrogens is 474 g/mol. The minimum absolute atomic E-state index is 0.0152. The summed E-state index contributed by atoms with van der Waals surface area (Å²) in [6.45, 7) is 2.81. The van der Waals surface area contributed by atoms with Gasteiger partial charge in [-0.25, -0.2) is 13.4 Å². The van der Waals surface area contributed by atoms with Gasteiger partial charge < -0.3 is 13.9 Å². The van der Waals surface area contributed by atoms with Crippen LogP contribution in [0.1, 0.15) is 41.0 Å². The third-order valence-electron chi connectivity index (χ3n) is 6.49. The Morgan fingerprint density at radius 1 is 1.03 bits per heavy atom. The fourth-order valence-corrected chi connectivity index (χ4v) is 5.92. The van der Waals surface area contributed by atoms with Gasteiger partial charge in [0.15, 0.2) is 0 Å². The fraction of sp³-hybridized carbons (Fsp3) is 0.286. The Labute approximate surface area is 211 Å². The molecule has 36 heavy (non-hydrogen) atoms. The SMILES string of the molecule is Cc1ccccc1CS(=O)(=O)c1ncc(CN(Cc2ccco2)C(=O)C2CC2)n1Cc1ccccc1. The molecule has 0 aliphatic heterocycles. The van der Waals surface area contributed by atoms with Crippen molar-refractivity contribution in [3.05, 3.63) is 107 Å². The number of amides is 1. The van der Waals surface area contributed by atoms with Crippen LogP contribution in [0.5, 0.6) is 0 Å². The first kappa shape index (κ1) is 24.1. The van der Waals surface area contributed by atoms with Gasteiger partial charge >= 0.3 is 0 Å². The zero-order valence-electron chi connectivity index (χ0n) is 20.2. The van der Waals surface area contributed by atoms with Gasteiger partial charge in [-0.1, -0.05) is 54.6 Å². The number of aryl methyl sites for hydroxylation is 1. The van der Waals surface area contributed by atoms with Crippen LogP contribution in [0.3, 0.4) is 0 Å². The van der Waals surface area contributed by atoms with E-state index in [2.05, 4.69) is 4.98 Å². The number of carbonyl (C=O) groups is 1. The molecule has 0 spiro atoms. The Kier molecular flexibility index (Phi) is 6.78. The van der Waals surface area contributed by atoms with Crippen LogP contribution >= 0.6 is 0 Å². The van der Waals surface area contributed by atoms with Crippen molar-refractivity contribution in [3.8, 4) is 0 Å². The van der Waals surface area contributed by atoms with Crippen molar-refractivity contribution in [3.63, 3.8) is 0 Å². The van der Waals surface area contributed by atoms with E-state index >= 15 is 0 Å². The number of aromatic nitrogens is 2. The molecule has 0 unspecified atom stereocenters. The van der Waals surface area contributed by atoms with Crippen LogP contribution in [0.25, 0.3) is 0 Å². The summed E-state index contributed by atoms with van der Waals surface area (Å²) in [5.74, 6) is 0.630. The van der Waals surface area contributed by atoms with Crippen LogP contribution in [-0.2, 0) is 40.0 Å². The Morgan fingerprint density at radius 2 is 1.78 bits per heavy atom. The maximum Gasteiger partial charge on any atom is 0.228 e. The van der Waals surface area contributed by atoms with E-state index in [0.29, 0.717) is 24.5 Å². The maximum atomic E-state index is 13.6. The molecule has 0 radical (unpaired) electrons. The molecule has 2 aromatic heterocycles. The monoisotopic (exact) mass is 503 g/mol. The van der Waals surface area contributed by atoms with Gasteiger partial charge in [-0.05, 0) is 48.6 Å². The highest BCUT2D eigenvalue weighted by Crippen LogP contribution is 2.32. The molecule has 1 aliphatic carbocycles. The molecule has 1 saturated carbocycles. The van der Waals surface area contributed by atoms with Gasteiger partial charge in [0.05, 0.1) is 43.5 Å². The van der Waals surface area contributed by atoms with E-state index < -0.39 is 9.84 Å². The topological polar surface area (TPSA) is 85.4 Å². The van der Waals surface area contributed by atoms with Crippen LogP contribution in [-0.4, -0.2) is 28.8 Å². The number of sulfone groups is 1. The smallest absolute Gasteiger partial charge is 0.228 e. The molecule has 0 atom stereocenters. The lowest BCUT2D eigenvalue weighted by Crippen LogP contribution is -2.32. The zero-order chi connectivity index (χ0) is 25.1. The minimum atomic E-state index is -3.75. The van der Waals surface area contributed by atoms with E-state index in [4.69, 9.17) is 4.42 Å². The summed E-state index contributed by atoms with van der Waals surface area (Å²) >= 11 is 0. The predicted octanol–water partition coefficient (Wildman–Crippen LogP) is 4.75. The van der Waals surface area contributed by atoms with Gasteiger partial charge in [0.2, 0.25) is 20.9 Å². The van der Waals surface area contributed by atoms with Crippen molar-refractivity contribution in [1.82, 2.24) is 14.5 Å². The molecule has 7 nitrogen and oxygen atoms in total. The van der Waals surface area contributed by atoms with Crippen molar-refractivity contribution in [2.24, 2.45) is 5.92 Å². The molecule has 5 rings (SSSR count). The Bertz CT molecular complexity index is 1440. The lowest BCUT2D eigenvalue weighted by molar-refractivity contribution is -0.134. The number of furan rings is 1. The fourth-order valence-electron chi connectivity index (χ4n) is 4.33. The molecular formula is C28H29N3O4S. The van der Waals surface area contributed by atoms with Crippen LogP contribution in [0.2, 0.25) is 0 Å². The first-order chi connectivity index (χ1) is 17.4. The van der Waals surface area contributed by atoms with Crippen LogP contribution in [0, 0.1) is 12.8 Å². The Balaban J connectivity index is 1.50. The molecule has 0 saturated heterocycles. The lowest BCUT2D eigenvalue weighted by Gasteiger charge is -2.23. The zero-order valence-corrected chi connectivity index (χ0v) is 21.0. The lowest BCUT2D eigenvalue weighted by atomic mass is 10.1. The van der Waals surface area contributed by atoms with Crippen molar-refractivity contribution < 1.29 is 17.6 Å². The number of carbonyl (C=O) groups excluding carboxylic acids is 1. The van der Waals surface area contributed by atoms with Crippen molar-refractivity contribution in [1.29, 1.82) is 0 Å². The highest BCUT2D eigenvalue weighted by atomic mass is 32.2. The summed E-state index contributed by atoms with van der Waals surface area (Å²) in [4.78, 5) is 19.3. The van der Waals surface area contributed by atoms with Gasteiger partial charge in [-0.3, -0.25) is 4.79 Å². The summed E-state index contributed by atoms with van der Waals surface area (Å²) < 4.78 is 34.4. The van der Waals surface area contributed by atoms with E-state index in [1.54, 1.807) is 28.0 Å². The molecule has 1 fully saturated rings. The third-order valence-corrected chi connectivity index (χ3v) is 8.06. The van der Waals surface area contributed by atoms with E-state index in [9.17, 15) is 13.2 Å². The Hall–Kier alpha value is -3.65. The quantitative estimate of drug-likeness (QED) is 0.312. The predicted molar refractivity (Wildman–Crippen MR) is 136 cm³/mol. The van der Waals surface area contributed by atoms with Crippen molar-refractivity contribution in [2.45, 2.75) is 50.3 Å². The maximum absolute atomic E-state index is 13.6. The van der Waals surface area contributed by atoms with Gasteiger partial charge in [-0.15, -0.1) is 0 Å². The molecule has 4 aromatic rings. The number of benzene rings is 2. The largest absolute Gasteiger partial charge is 0.467 e. The number of rotatable bonds is 10. The van der Waals surface area contributed by atoms with Gasteiger partial charge in [0.1, 0.15) is 5.76 Å². The molecule has 186 valence electrons. The number of hydrogen-bond donors (Lipinski definition) is 0. The van der Waals surface area contributed by atoms with Crippen LogP contribution < -0.4 is 0 Å². The highest BCUT2D eigenvalue weighted by molar-refractivity contribution is 7.90. The third kappa shape index (κ3) is 5.44. The molecule has 2 heterocycles. The number of nitrogens with zero attached hydrogens (tertiary/aromatic N) is 3. The van der Waals surface area contributed by atoms with Gasteiger partial charge in [-0.2, -0.15) is 0 Å². The summed E-state index contributed by atoms with van der Waals surface area (Å²) in [6, 6.07) is 20.8. The highest BCUT2D eigenvalue weighted by Gasteiger charge is 2.35. The number of hydrogen-bond acceptors (Lipinski definition) is 5. The molecule has 1 amide bonds. The van der Waals surface area contributed by atoms with Crippen LogP contribution in [0.4, 0.5) is 0 Å². The molecule has 1 aliphatic rings. The standard InChI is InChI=1S/C28H29N3O4S/c1-21-8-5-6-11-24(21)20-36(33,34)28-29-16-25(31(28)17-22-9-3-2-4-10-22)18-30(27(32)23-13-14-23)19-26-12-7-15-35-26/h2-12,15-16,23H,13-14,17-20H2,1H3. The van der Waals surface area contributed by atoms with Crippen LogP contribution in [0.15, 0.2) is 88.8 Å². The van der Waals surface area contributed by atoms with Crippen molar-refractivity contribution in [2.75, 3.05) is 0 Å². The summed E-state index contributed by atoms with van der Waals surface area (Å²) in [5, 5.41) is 0.0152. The number of imidazole rings is 1. The van der Waals surface area contributed by atoms with E-state index in [1.807, 2.05) is 67.6 Å². The molecule has 8 heteroatoms. The summed E-state index contributed by atoms with van der Waals surface area (Å²) in [5.41, 5.74) is 3.29. The van der Waals surface area contributed by atoms with Gasteiger partial charge in [0, 0.05) is 5.92 Å². The van der Waals surface area contributed by atoms with E-state index in [1.165, 1.54) is 0 Å². The van der Waals surface area contributed by atoms with E-state index in [0.717, 1.165) is 29.5 Å². The molecule has 2 aromatic carbocycles. The molecule has 0 N–H and O–H groups in total. The van der Waals surface area contributed by atoms with Gasteiger partial charge in [0.25, 0.3) is 0 Å². The second-order valence-electron chi connectivity index (χ2n) is 9.34. The van der Waals surface area contributed by atoms with E-state index in [-0.39, 0.29) is 29.3 Å². The van der Waals surface area contributed by atoms with Crippen molar-refractivity contribution >= 4 is 15.7 Å². The first-order valence-electron chi connectivity index (χ1n) is 12.1. The average Bonchev–Trinajstić information content (AvgIpc) is 3.45. The summed E-state index contributed by atoms with van der Waals surface area (Å²) in [6.07, 6.45) is 4.94. The second-order valence-corrected chi connectivity index (χ2v) is 11.2. The summed E-state index contributed by atoms with van der Waals surface area (Å²) in [7, 11) is -3.75. The first-order valence-corrected chi connectivity index (χ1v) is 13.7. The normalized spacial score (nSPS) is 13.6. The second kappa shape index (κ2) is 10.1.